The Morgan fingerprint density at radius 3 is 2.70 bits per heavy atom. The molecule has 2 aromatic heterocycles. The normalized spacial score (nSPS) is 11.0. The van der Waals surface area contributed by atoms with Crippen LogP contribution in [-0.4, -0.2) is 22.2 Å². The number of nitrogens with zero attached hydrogens (tertiary/aromatic N) is 2. The molecule has 27 heavy (non-hydrogen) atoms. The maximum absolute atomic E-state index is 12.3. The van der Waals surface area contributed by atoms with Crippen molar-refractivity contribution >= 4 is 16.9 Å². The zero-order valence-electron chi connectivity index (χ0n) is 15.2. The molecule has 0 saturated heterocycles. The molecule has 0 aliphatic carbocycles. The lowest BCUT2D eigenvalue weighted by Gasteiger charge is -2.02. The number of hydrogen-bond acceptors (Lipinski definition) is 3. The summed E-state index contributed by atoms with van der Waals surface area (Å²) in [5.74, 6) is 0.173. The molecule has 4 aromatic rings. The maximum Gasteiger partial charge on any atom is 0.287 e. The van der Waals surface area contributed by atoms with Crippen LogP contribution >= 0.6 is 0 Å². The largest absolute Gasteiger partial charge is 0.451 e. The Morgan fingerprint density at radius 2 is 1.89 bits per heavy atom. The number of nitrogens with one attached hydrogen (secondary N) is 1. The molecular formula is C22H21N3O2. The van der Waals surface area contributed by atoms with E-state index in [1.807, 2.05) is 66.2 Å². The van der Waals surface area contributed by atoms with E-state index in [4.69, 9.17) is 4.42 Å². The van der Waals surface area contributed by atoms with E-state index in [1.165, 1.54) is 5.56 Å². The van der Waals surface area contributed by atoms with Crippen LogP contribution in [0.1, 0.15) is 28.2 Å². The van der Waals surface area contributed by atoms with E-state index in [0.29, 0.717) is 12.3 Å². The van der Waals surface area contributed by atoms with Crippen LogP contribution in [0.3, 0.4) is 0 Å². The minimum absolute atomic E-state index is 0.178. The summed E-state index contributed by atoms with van der Waals surface area (Å²) >= 11 is 0. The fraction of sp³-hybridized carbons (Fsp3) is 0.182. The van der Waals surface area contributed by atoms with E-state index in [2.05, 4.69) is 16.6 Å². The van der Waals surface area contributed by atoms with Crippen LogP contribution in [0.15, 0.2) is 71.3 Å². The molecule has 2 aromatic carbocycles. The number of rotatable bonds is 6. The van der Waals surface area contributed by atoms with Gasteiger partial charge < -0.3 is 9.73 Å². The lowest BCUT2D eigenvalue weighted by molar-refractivity contribution is 0.0927. The third-order valence-electron chi connectivity index (χ3n) is 4.58. The van der Waals surface area contributed by atoms with Crippen molar-refractivity contribution < 1.29 is 9.21 Å². The van der Waals surface area contributed by atoms with Gasteiger partial charge in [-0.25, -0.2) is 4.68 Å². The average molecular weight is 359 g/mol. The van der Waals surface area contributed by atoms with Crippen LogP contribution in [0.2, 0.25) is 0 Å². The number of carbonyl (C=O) groups excluding carboxylic acids is 1. The Hall–Kier alpha value is -3.34. The zero-order valence-corrected chi connectivity index (χ0v) is 15.2. The number of hydrogen-bond donors (Lipinski definition) is 1. The summed E-state index contributed by atoms with van der Waals surface area (Å²) in [5.41, 5.74) is 3.98. The predicted octanol–water partition coefficient (Wildman–Crippen LogP) is 4.29. The van der Waals surface area contributed by atoms with E-state index in [0.717, 1.165) is 35.2 Å². The number of benzene rings is 2. The van der Waals surface area contributed by atoms with E-state index in [-0.39, 0.29) is 5.91 Å². The van der Waals surface area contributed by atoms with Crippen LogP contribution in [-0.2, 0) is 6.42 Å². The summed E-state index contributed by atoms with van der Waals surface area (Å²) in [4.78, 5) is 12.3. The van der Waals surface area contributed by atoms with Gasteiger partial charge in [0.05, 0.1) is 11.4 Å². The second-order valence-electron chi connectivity index (χ2n) is 6.53. The molecule has 1 N–H and O–H groups in total. The summed E-state index contributed by atoms with van der Waals surface area (Å²) in [7, 11) is 0. The van der Waals surface area contributed by atoms with E-state index in [1.54, 1.807) is 6.07 Å². The van der Waals surface area contributed by atoms with Crippen molar-refractivity contribution in [3.05, 3.63) is 83.9 Å². The third-order valence-corrected chi connectivity index (χ3v) is 4.58. The fourth-order valence-corrected chi connectivity index (χ4v) is 3.12. The van der Waals surface area contributed by atoms with Crippen LogP contribution in [0.25, 0.3) is 16.7 Å². The second-order valence-corrected chi connectivity index (χ2v) is 6.53. The number of para-hydroxylation sites is 2. The first kappa shape index (κ1) is 17.1. The first-order chi connectivity index (χ1) is 13.2. The van der Waals surface area contributed by atoms with Gasteiger partial charge in [0.2, 0.25) is 0 Å². The lowest BCUT2D eigenvalue weighted by Crippen LogP contribution is -2.24. The van der Waals surface area contributed by atoms with Crippen molar-refractivity contribution in [3.8, 4) is 5.69 Å². The van der Waals surface area contributed by atoms with Gasteiger partial charge in [-0.3, -0.25) is 4.79 Å². The van der Waals surface area contributed by atoms with Crippen molar-refractivity contribution in [2.24, 2.45) is 0 Å². The Balaban J connectivity index is 1.32. The molecule has 5 nitrogen and oxygen atoms in total. The highest BCUT2D eigenvalue weighted by Gasteiger charge is 2.12. The molecule has 0 fully saturated rings. The summed E-state index contributed by atoms with van der Waals surface area (Å²) in [6.07, 6.45) is 3.76. The standard InChI is InChI=1S/C22H21N3O2/c1-16-18(15-25(24-16)19-10-3-2-4-11-19)9-7-13-23-22(26)21-14-17-8-5-6-12-20(17)27-21/h2-6,8,10-12,14-15H,7,9,13H2,1H3,(H,23,26). The number of amides is 1. The van der Waals surface area contributed by atoms with E-state index < -0.39 is 0 Å². The van der Waals surface area contributed by atoms with Gasteiger partial charge in [-0.1, -0.05) is 36.4 Å². The molecular weight excluding hydrogens is 338 g/mol. The topological polar surface area (TPSA) is 60.1 Å². The number of aromatic nitrogens is 2. The molecule has 0 aliphatic heterocycles. The van der Waals surface area contributed by atoms with Crippen molar-refractivity contribution in [3.63, 3.8) is 0 Å². The highest BCUT2D eigenvalue weighted by molar-refractivity contribution is 5.96. The summed E-state index contributed by atoms with van der Waals surface area (Å²) in [5, 5.41) is 8.45. The smallest absolute Gasteiger partial charge is 0.287 e. The van der Waals surface area contributed by atoms with Crippen molar-refractivity contribution in [1.29, 1.82) is 0 Å². The third kappa shape index (κ3) is 3.77. The highest BCUT2D eigenvalue weighted by Crippen LogP contribution is 2.18. The molecule has 2 heterocycles. The lowest BCUT2D eigenvalue weighted by atomic mass is 10.1. The first-order valence-electron chi connectivity index (χ1n) is 9.08. The molecule has 4 rings (SSSR count). The number of furan rings is 1. The summed E-state index contributed by atoms with van der Waals surface area (Å²) in [6.45, 7) is 2.60. The number of carbonyl (C=O) groups is 1. The Kier molecular flexibility index (Phi) is 4.75. The van der Waals surface area contributed by atoms with Crippen molar-refractivity contribution in [1.82, 2.24) is 15.1 Å². The van der Waals surface area contributed by atoms with Crippen LogP contribution in [0.5, 0.6) is 0 Å². The Bertz CT molecular complexity index is 1030. The van der Waals surface area contributed by atoms with Crippen LogP contribution < -0.4 is 5.32 Å². The molecule has 0 radical (unpaired) electrons. The van der Waals surface area contributed by atoms with Gasteiger partial charge >= 0.3 is 0 Å². The quantitative estimate of drug-likeness (QED) is 0.523. The average Bonchev–Trinajstić information content (AvgIpc) is 3.29. The number of fused-ring (bicyclic) bond motifs is 1. The van der Waals surface area contributed by atoms with E-state index >= 15 is 0 Å². The van der Waals surface area contributed by atoms with Gasteiger partial charge in [-0.2, -0.15) is 5.10 Å². The molecule has 0 atom stereocenters. The monoisotopic (exact) mass is 359 g/mol. The Morgan fingerprint density at radius 1 is 1.11 bits per heavy atom. The van der Waals surface area contributed by atoms with E-state index in [9.17, 15) is 4.79 Å². The highest BCUT2D eigenvalue weighted by atomic mass is 16.3. The molecule has 136 valence electrons. The fourth-order valence-electron chi connectivity index (χ4n) is 3.12. The minimum atomic E-state index is -0.178. The van der Waals surface area contributed by atoms with Gasteiger partial charge in [0.15, 0.2) is 5.76 Å². The molecule has 0 bridgehead atoms. The molecule has 0 saturated carbocycles. The predicted molar refractivity (Wildman–Crippen MR) is 105 cm³/mol. The molecule has 0 aliphatic rings. The van der Waals surface area contributed by atoms with Gasteiger partial charge in [0.1, 0.15) is 5.58 Å². The van der Waals surface area contributed by atoms with Crippen LogP contribution in [0.4, 0.5) is 0 Å². The van der Waals surface area contributed by atoms with Gasteiger partial charge in [0.25, 0.3) is 5.91 Å². The number of aryl methyl sites for hydroxylation is 2. The SMILES string of the molecule is Cc1nn(-c2ccccc2)cc1CCCNC(=O)c1cc2ccccc2o1. The minimum Gasteiger partial charge on any atom is -0.451 e. The maximum atomic E-state index is 12.3. The molecule has 1 amide bonds. The van der Waals surface area contributed by atoms with Crippen LogP contribution in [0, 0.1) is 6.92 Å². The van der Waals surface area contributed by atoms with Gasteiger partial charge in [-0.15, -0.1) is 0 Å². The second kappa shape index (κ2) is 7.50. The molecule has 0 unspecified atom stereocenters. The van der Waals surface area contributed by atoms with Crippen molar-refractivity contribution in [2.75, 3.05) is 6.54 Å². The summed E-state index contributed by atoms with van der Waals surface area (Å²) < 4.78 is 7.49. The Labute approximate surface area is 157 Å². The molecule has 0 spiro atoms. The zero-order chi connectivity index (χ0) is 18.6. The van der Waals surface area contributed by atoms with Crippen molar-refractivity contribution in [2.45, 2.75) is 19.8 Å². The first-order valence-corrected chi connectivity index (χ1v) is 9.08. The van der Waals surface area contributed by atoms with Gasteiger partial charge in [-0.05, 0) is 49.6 Å². The van der Waals surface area contributed by atoms with Gasteiger partial charge in [0, 0.05) is 18.1 Å². The molecule has 5 heteroatoms. The summed E-state index contributed by atoms with van der Waals surface area (Å²) in [6, 6.07) is 19.4.